The summed E-state index contributed by atoms with van der Waals surface area (Å²) < 4.78 is 26.2. The maximum atomic E-state index is 13.4. The molecule has 0 spiro atoms. The van der Waals surface area contributed by atoms with Gasteiger partial charge < -0.3 is 10.3 Å². The molecule has 112 valence electrons. The van der Waals surface area contributed by atoms with Crippen molar-refractivity contribution in [3.8, 4) is 0 Å². The van der Waals surface area contributed by atoms with Gasteiger partial charge >= 0.3 is 0 Å². The van der Waals surface area contributed by atoms with E-state index in [1.807, 2.05) is 6.07 Å². The topological polar surface area (TPSA) is 70.7 Å². The van der Waals surface area contributed by atoms with E-state index in [0.717, 1.165) is 11.6 Å². The Morgan fingerprint density at radius 3 is 2.95 bits per heavy atom. The Morgan fingerprint density at radius 1 is 1.32 bits per heavy atom. The van der Waals surface area contributed by atoms with Gasteiger partial charge in [-0.1, -0.05) is 11.8 Å². The molecular weight excluding hydrogens is 310 g/mol. The Labute approximate surface area is 128 Å². The minimum atomic E-state index is -0.814. The number of pyridine rings is 1. The molecule has 3 rings (SSSR count). The quantitative estimate of drug-likeness (QED) is 0.725. The second kappa shape index (κ2) is 6.10. The molecule has 3 aromatic rings. The van der Waals surface area contributed by atoms with Gasteiger partial charge in [0, 0.05) is 12.3 Å². The number of rotatable bonds is 4. The zero-order valence-corrected chi connectivity index (χ0v) is 12.0. The minimum absolute atomic E-state index is 0.0383. The molecule has 22 heavy (non-hydrogen) atoms. The molecule has 0 fully saturated rings. The number of H-pyrrole nitrogens is 1. The predicted octanol–water partition coefficient (Wildman–Crippen LogP) is 2.97. The molecule has 1 amide bonds. The molecule has 2 aromatic heterocycles. The largest absolute Gasteiger partial charge is 0.332 e. The molecule has 0 atom stereocenters. The van der Waals surface area contributed by atoms with Crippen molar-refractivity contribution in [1.82, 2.24) is 15.0 Å². The number of hydrogen-bond donors (Lipinski definition) is 2. The fourth-order valence-corrected chi connectivity index (χ4v) is 2.48. The van der Waals surface area contributed by atoms with Crippen molar-refractivity contribution in [3.05, 3.63) is 48.2 Å². The third-order valence-electron chi connectivity index (χ3n) is 2.78. The molecule has 0 aliphatic carbocycles. The van der Waals surface area contributed by atoms with E-state index < -0.39 is 17.5 Å². The summed E-state index contributed by atoms with van der Waals surface area (Å²) >= 11 is 1.17. The van der Waals surface area contributed by atoms with Crippen molar-refractivity contribution in [3.63, 3.8) is 0 Å². The Morgan fingerprint density at radius 2 is 2.18 bits per heavy atom. The summed E-state index contributed by atoms with van der Waals surface area (Å²) in [6, 6.07) is 6.58. The van der Waals surface area contributed by atoms with Crippen molar-refractivity contribution >= 4 is 34.5 Å². The average molecular weight is 320 g/mol. The number of imidazole rings is 1. The van der Waals surface area contributed by atoms with Crippen molar-refractivity contribution in [1.29, 1.82) is 0 Å². The maximum absolute atomic E-state index is 13.4. The first-order valence-corrected chi connectivity index (χ1v) is 7.29. The fraction of sp³-hybridized carbons (Fsp3) is 0.0714. The van der Waals surface area contributed by atoms with Crippen LogP contribution in [0.15, 0.2) is 41.7 Å². The number of carbonyl (C=O) groups excluding carboxylic acids is 1. The average Bonchev–Trinajstić information content (AvgIpc) is 2.91. The van der Waals surface area contributed by atoms with Crippen LogP contribution in [-0.2, 0) is 4.79 Å². The van der Waals surface area contributed by atoms with Crippen LogP contribution in [0.25, 0.3) is 11.2 Å². The van der Waals surface area contributed by atoms with Crippen molar-refractivity contribution < 1.29 is 13.6 Å². The SMILES string of the molecule is O=C(CSc1nc2ncccc2[nH]1)Nc1ccc(F)cc1F. The van der Waals surface area contributed by atoms with Crippen molar-refractivity contribution in [2.45, 2.75) is 5.16 Å². The van der Waals surface area contributed by atoms with Gasteiger partial charge in [-0.2, -0.15) is 0 Å². The van der Waals surface area contributed by atoms with Crippen LogP contribution in [0.4, 0.5) is 14.5 Å². The summed E-state index contributed by atoms with van der Waals surface area (Å²) in [6.45, 7) is 0. The number of amides is 1. The van der Waals surface area contributed by atoms with E-state index in [1.54, 1.807) is 12.3 Å². The highest BCUT2D eigenvalue weighted by Crippen LogP contribution is 2.19. The van der Waals surface area contributed by atoms with E-state index in [4.69, 9.17) is 0 Å². The lowest BCUT2D eigenvalue weighted by atomic mass is 10.3. The van der Waals surface area contributed by atoms with Gasteiger partial charge in [0.1, 0.15) is 11.6 Å². The molecule has 0 bridgehead atoms. The fourth-order valence-electron chi connectivity index (χ4n) is 1.80. The standard InChI is InChI=1S/C14H10F2N4OS/c15-8-3-4-10(9(16)6-8)18-12(21)7-22-14-19-11-2-1-5-17-13(11)20-14/h1-6H,7H2,(H,18,21)(H,17,19,20). The summed E-state index contributed by atoms with van der Waals surface area (Å²) in [5.74, 6) is -1.88. The van der Waals surface area contributed by atoms with Crippen LogP contribution < -0.4 is 5.32 Å². The number of aromatic nitrogens is 3. The van der Waals surface area contributed by atoms with E-state index in [2.05, 4.69) is 20.3 Å². The first-order chi connectivity index (χ1) is 10.6. The van der Waals surface area contributed by atoms with Crippen LogP contribution in [0.2, 0.25) is 0 Å². The van der Waals surface area contributed by atoms with Crippen molar-refractivity contribution in [2.75, 3.05) is 11.1 Å². The number of anilines is 1. The number of aromatic amines is 1. The van der Waals surface area contributed by atoms with Crippen LogP contribution >= 0.6 is 11.8 Å². The second-order valence-corrected chi connectivity index (χ2v) is 5.34. The number of halogens is 2. The number of carbonyl (C=O) groups is 1. The smallest absolute Gasteiger partial charge is 0.234 e. The molecular formula is C14H10F2N4OS. The van der Waals surface area contributed by atoms with Gasteiger partial charge in [0.15, 0.2) is 10.8 Å². The monoisotopic (exact) mass is 320 g/mol. The van der Waals surface area contributed by atoms with Gasteiger partial charge in [0.25, 0.3) is 0 Å². The summed E-state index contributed by atoms with van der Waals surface area (Å²) in [5, 5.41) is 2.93. The van der Waals surface area contributed by atoms with Gasteiger partial charge in [-0.3, -0.25) is 4.79 Å². The first kappa shape index (κ1) is 14.5. The number of thioether (sulfide) groups is 1. The van der Waals surface area contributed by atoms with E-state index in [9.17, 15) is 13.6 Å². The number of nitrogens with one attached hydrogen (secondary N) is 2. The van der Waals surface area contributed by atoms with E-state index in [-0.39, 0.29) is 11.4 Å². The van der Waals surface area contributed by atoms with Gasteiger partial charge in [0.05, 0.1) is 17.0 Å². The van der Waals surface area contributed by atoms with Crippen molar-refractivity contribution in [2.24, 2.45) is 0 Å². The van der Waals surface area contributed by atoms with Crippen LogP contribution in [-0.4, -0.2) is 26.6 Å². The Balaban J connectivity index is 1.62. The van der Waals surface area contributed by atoms with E-state index in [0.29, 0.717) is 16.9 Å². The lowest BCUT2D eigenvalue weighted by molar-refractivity contribution is -0.113. The zero-order valence-electron chi connectivity index (χ0n) is 11.1. The lowest BCUT2D eigenvalue weighted by Crippen LogP contribution is -2.15. The van der Waals surface area contributed by atoms with E-state index in [1.165, 1.54) is 17.8 Å². The van der Waals surface area contributed by atoms with Gasteiger partial charge in [0.2, 0.25) is 5.91 Å². The Hall–Kier alpha value is -2.48. The third-order valence-corrected chi connectivity index (χ3v) is 3.65. The Kier molecular flexibility index (Phi) is 4.01. The molecule has 0 radical (unpaired) electrons. The van der Waals surface area contributed by atoms with Crippen LogP contribution in [0.1, 0.15) is 0 Å². The molecule has 2 heterocycles. The highest BCUT2D eigenvalue weighted by Gasteiger charge is 2.10. The van der Waals surface area contributed by atoms with Crippen LogP contribution in [0.3, 0.4) is 0 Å². The highest BCUT2D eigenvalue weighted by atomic mass is 32.2. The summed E-state index contributed by atoms with van der Waals surface area (Å²) in [4.78, 5) is 23.1. The maximum Gasteiger partial charge on any atom is 0.234 e. The predicted molar refractivity (Wildman–Crippen MR) is 79.6 cm³/mol. The summed E-state index contributed by atoms with van der Waals surface area (Å²) in [5.41, 5.74) is 1.28. The number of nitrogens with zero attached hydrogens (tertiary/aromatic N) is 2. The van der Waals surface area contributed by atoms with E-state index >= 15 is 0 Å². The van der Waals surface area contributed by atoms with Gasteiger partial charge in [-0.05, 0) is 24.3 Å². The molecule has 5 nitrogen and oxygen atoms in total. The first-order valence-electron chi connectivity index (χ1n) is 6.30. The van der Waals surface area contributed by atoms with Gasteiger partial charge in [-0.25, -0.2) is 18.7 Å². The molecule has 0 saturated carbocycles. The second-order valence-electron chi connectivity index (χ2n) is 4.38. The number of fused-ring (bicyclic) bond motifs is 1. The number of hydrogen-bond acceptors (Lipinski definition) is 4. The molecule has 1 aromatic carbocycles. The molecule has 0 aliphatic heterocycles. The third kappa shape index (κ3) is 3.22. The minimum Gasteiger partial charge on any atom is -0.332 e. The normalized spacial score (nSPS) is 10.8. The Bertz CT molecular complexity index is 804. The molecule has 8 heteroatoms. The number of benzene rings is 1. The summed E-state index contributed by atoms with van der Waals surface area (Å²) in [6.07, 6.45) is 1.63. The zero-order chi connectivity index (χ0) is 15.5. The van der Waals surface area contributed by atoms with Crippen LogP contribution in [0, 0.1) is 11.6 Å². The van der Waals surface area contributed by atoms with Crippen LogP contribution in [0.5, 0.6) is 0 Å². The molecule has 2 N–H and O–H groups in total. The lowest BCUT2D eigenvalue weighted by Gasteiger charge is -2.05. The van der Waals surface area contributed by atoms with Gasteiger partial charge in [-0.15, -0.1) is 0 Å². The molecule has 0 saturated heterocycles. The highest BCUT2D eigenvalue weighted by molar-refractivity contribution is 7.99. The molecule has 0 aliphatic rings. The molecule has 0 unspecified atom stereocenters. The summed E-state index contributed by atoms with van der Waals surface area (Å²) in [7, 11) is 0.